The van der Waals surface area contributed by atoms with Crippen molar-refractivity contribution >= 4 is 6.41 Å². The maximum Gasteiger partial charge on any atom is 0 e. The van der Waals surface area contributed by atoms with E-state index in [2.05, 4.69) is 5.73 Å². The molecule has 0 fully saturated rings. The van der Waals surface area contributed by atoms with E-state index in [1.807, 2.05) is 0 Å². The molecular formula is CH2IrNO-. The summed E-state index contributed by atoms with van der Waals surface area (Å²) in [4.78, 5) is 8.46. The van der Waals surface area contributed by atoms with Crippen LogP contribution in [0, 0.1) is 0 Å². The molecule has 2 N–H and O–H groups in total. The molecule has 0 aromatic rings. The van der Waals surface area contributed by atoms with Gasteiger partial charge in [0.25, 0.3) is 0 Å². The van der Waals surface area contributed by atoms with Crippen LogP contribution in [0.4, 0.5) is 0 Å². The van der Waals surface area contributed by atoms with Gasteiger partial charge >= 0.3 is 0 Å². The molecule has 0 saturated carbocycles. The van der Waals surface area contributed by atoms with Gasteiger partial charge in [-0.1, -0.05) is 0 Å². The molecule has 3 heteroatoms. The molecule has 0 heterocycles. The first-order valence-electron chi connectivity index (χ1n) is 0.493. The third-order valence-electron chi connectivity index (χ3n) is 0. The molecule has 2 nitrogen and oxygen atoms in total. The Bertz CT molecular complexity index is 15.5. The molecule has 0 bridgehead atoms. The molecule has 0 aliphatic carbocycles. The third-order valence-corrected chi connectivity index (χ3v) is 0. The molecule has 0 spiro atoms. The van der Waals surface area contributed by atoms with Gasteiger partial charge in [-0.15, -0.1) is 0 Å². The second kappa shape index (κ2) is 11.2. The van der Waals surface area contributed by atoms with Crippen LogP contribution in [0.5, 0.6) is 0 Å². The van der Waals surface area contributed by atoms with E-state index >= 15 is 0 Å². The van der Waals surface area contributed by atoms with Gasteiger partial charge in [0.1, 0.15) is 0 Å². The fourth-order valence-corrected chi connectivity index (χ4v) is 0. The number of hydrogen-bond donors (Lipinski definition) is 1. The van der Waals surface area contributed by atoms with E-state index in [0.29, 0.717) is 0 Å². The van der Waals surface area contributed by atoms with Crippen LogP contribution in [0.3, 0.4) is 0 Å². The first kappa shape index (κ1) is 8.92. The van der Waals surface area contributed by atoms with Crippen molar-refractivity contribution in [1.82, 2.24) is 0 Å². The predicted molar refractivity (Wildman–Crippen MR) is 9.88 cm³/mol. The molecule has 0 atom stereocenters. The molecular weight excluding hydrogens is 234 g/mol. The standard InChI is InChI=1S/CH2NO.Ir/c2-1-3;/h(H2,2,3);/q-1;. The number of amides is 1. The number of nitrogens with two attached hydrogens (primary N) is 1. The minimum atomic E-state index is 0. The van der Waals surface area contributed by atoms with Gasteiger partial charge in [-0.25, -0.2) is 0 Å². The van der Waals surface area contributed by atoms with Crippen molar-refractivity contribution in [1.29, 1.82) is 0 Å². The molecule has 1 radical (unpaired) electrons. The summed E-state index contributed by atoms with van der Waals surface area (Å²) < 4.78 is 0. The maximum absolute atomic E-state index is 8.46. The summed E-state index contributed by atoms with van der Waals surface area (Å²) in [6.07, 6.45) is 1.00. The quantitative estimate of drug-likeness (QED) is 0.426. The van der Waals surface area contributed by atoms with E-state index in [-0.39, 0.29) is 20.1 Å². The SMILES string of the molecule is N[C-]=O.[Ir]. The molecule has 0 aromatic carbocycles. The second-order valence-corrected chi connectivity index (χ2v) is 0.118. The van der Waals surface area contributed by atoms with E-state index in [9.17, 15) is 0 Å². The van der Waals surface area contributed by atoms with Crippen LogP contribution in [-0.4, -0.2) is 6.41 Å². The van der Waals surface area contributed by atoms with Gasteiger partial charge in [-0.3, -0.25) is 0 Å². The Morgan fingerprint density at radius 1 is 1.75 bits per heavy atom. The summed E-state index contributed by atoms with van der Waals surface area (Å²) >= 11 is 0. The number of rotatable bonds is 0. The predicted octanol–water partition coefficient (Wildman–Crippen LogP) is -0.990. The Hall–Kier alpha value is 0.119. The van der Waals surface area contributed by atoms with Gasteiger partial charge in [0, 0.05) is 20.1 Å². The summed E-state index contributed by atoms with van der Waals surface area (Å²) in [5.41, 5.74) is 4.04. The van der Waals surface area contributed by atoms with Crippen molar-refractivity contribution < 1.29 is 24.9 Å². The summed E-state index contributed by atoms with van der Waals surface area (Å²) in [6.45, 7) is 0. The van der Waals surface area contributed by atoms with Gasteiger partial charge in [0.15, 0.2) is 0 Å². The molecule has 27 valence electrons. The molecule has 0 saturated heterocycles. The van der Waals surface area contributed by atoms with Gasteiger partial charge in [0.05, 0.1) is 0 Å². The van der Waals surface area contributed by atoms with Crippen molar-refractivity contribution in [3.63, 3.8) is 0 Å². The van der Waals surface area contributed by atoms with Crippen molar-refractivity contribution in [2.24, 2.45) is 5.73 Å². The smallest absolute Gasteiger partial charge is 0 e. The van der Waals surface area contributed by atoms with Gasteiger partial charge in [-0.05, 0) is 0 Å². The Kier molecular flexibility index (Phi) is 24.9. The molecule has 1 amide bonds. The minimum absolute atomic E-state index is 0. The topological polar surface area (TPSA) is 43.1 Å². The van der Waals surface area contributed by atoms with E-state index in [0.717, 1.165) is 6.41 Å². The summed E-state index contributed by atoms with van der Waals surface area (Å²) in [5, 5.41) is 0. The summed E-state index contributed by atoms with van der Waals surface area (Å²) in [6, 6.07) is 0. The Labute approximate surface area is 37.7 Å². The zero-order valence-corrected chi connectivity index (χ0v) is 4.21. The summed E-state index contributed by atoms with van der Waals surface area (Å²) in [5.74, 6) is 0. The van der Waals surface area contributed by atoms with Crippen LogP contribution >= 0.6 is 0 Å². The zero-order valence-electron chi connectivity index (χ0n) is 1.82. The fourth-order valence-electron chi connectivity index (χ4n) is 0. The third kappa shape index (κ3) is 186. The van der Waals surface area contributed by atoms with Gasteiger partial charge < -0.3 is 10.5 Å². The van der Waals surface area contributed by atoms with Gasteiger partial charge in [-0.2, -0.15) is 6.41 Å². The number of carbonyl (C=O) groups excluding carboxylic acids is 1. The molecule has 0 unspecified atom stereocenters. The minimum Gasteiger partial charge on any atom is -0.543 e. The first-order valence-corrected chi connectivity index (χ1v) is 0.493. The van der Waals surface area contributed by atoms with E-state index < -0.39 is 0 Å². The largest absolute Gasteiger partial charge is 0.543 e. The fraction of sp³-hybridized carbons (Fsp3) is 0. The average Bonchev–Trinajstić information content (AvgIpc) is 0.918. The molecule has 0 rings (SSSR count). The molecule has 0 aromatic heterocycles. The summed E-state index contributed by atoms with van der Waals surface area (Å²) in [7, 11) is 0. The van der Waals surface area contributed by atoms with Crippen molar-refractivity contribution in [2.75, 3.05) is 0 Å². The molecule has 4 heavy (non-hydrogen) atoms. The van der Waals surface area contributed by atoms with Crippen LogP contribution in [0.15, 0.2) is 0 Å². The molecule has 0 aliphatic rings. The normalized spacial score (nSPS) is 3.00. The average molecular weight is 236 g/mol. The van der Waals surface area contributed by atoms with E-state index in [1.54, 1.807) is 0 Å². The van der Waals surface area contributed by atoms with Crippen LogP contribution < -0.4 is 5.73 Å². The van der Waals surface area contributed by atoms with Crippen LogP contribution in [0.2, 0.25) is 0 Å². The first-order chi connectivity index (χ1) is 1.41. The number of hydrogen-bond acceptors (Lipinski definition) is 1. The Morgan fingerprint density at radius 3 is 1.75 bits per heavy atom. The van der Waals surface area contributed by atoms with Crippen LogP contribution in [-0.2, 0) is 24.9 Å². The number of primary amides is 1. The van der Waals surface area contributed by atoms with Crippen molar-refractivity contribution in [3.8, 4) is 0 Å². The van der Waals surface area contributed by atoms with Gasteiger partial charge in [0.2, 0.25) is 0 Å². The second-order valence-electron chi connectivity index (χ2n) is 0.118. The maximum atomic E-state index is 8.46. The Balaban J connectivity index is 0. The zero-order chi connectivity index (χ0) is 2.71. The Morgan fingerprint density at radius 2 is 1.75 bits per heavy atom. The van der Waals surface area contributed by atoms with E-state index in [1.165, 1.54) is 0 Å². The van der Waals surface area contributed by atoms with Crippen LogP contribution in [0.1, 0.15) is 0 Å². The molecule has 0 aliphatic heterocycles. The van der Waals surface area contributed by atoms with Crippen LogP contribution in [0.25, 0.3) is 0 Å². The van der Waals surface area contributed by atoms with Crippen molar-refractivity contribution in [3.05, 3.63) is 0 Å². The van der Waals surface area contributed by atoms with Crippen molar-refractivity contribution in [2.45, 2.75) is 0 Å². The van der Waals surface area contributed by atoms with E-state index in [4.69, 9.17) is 4.79 Å². The monoisotopic (exact) mass is 237 g/mol.